The van der Waals surface area contributed by atoms with Gasteiger partial charge in [-0.3, -0.25) is 4.68 Å². The Morgan fingerprint density at radius 2 is 2.24 bits per heavy atom. The monoisotopic (exact) mass is 248 g/mol. The summed E-state index contributed by atoms with van der Waals surface area (Å²) in [5.74, 6) is -1.02. The van der Waals surface area contributed by atoms with E-state index in [-0.39, 0.29) is 12.2 Å². The number of hydrogen-bond acceptors (Lipinski definition) is 3. The summed E-state index contributed by atoms with van der Waals surface area (Å²) in [5.41, 5.74) is -1.24. The Morgan fingerprint density at radius 3 is 2.65 bits per heavy atom. The van der Waals surface area contributed by atoms with Crippen LogP contribution in [0.4, 0.5) is 13.2 Å². The predicted octanol–water partition coefficient (Wildman–Crippen LogP) is 1.93. The minimum absolute atomic E-state index is 0.0213. The van der Waals surface area contributed by atoms with Gasteiger partial charge in [-0.05, 0) is 6.92 Å². The highest BCUT2D eigenvalue weighted by molar-refractivity contribution is 5.92. The molecule has 0 bridgehead atoms. The van der Waals surface area contributed by atoms with E-state index in [1.165, 1.54) is 24.9 Å². The largest absolute Gasteiger partial charge is 0.463 e. The van der Waals surface area contributed by atoms with Crippen LogP contribution in [0.15, 0.2) is 18.5 Å². The van der Waals surface area contributed by atoms with Crippen molar-refractivity contribution >= 4 is 11.5 Å². The van der Waals surface area contributed by atoms with Crippen LogP contribution in [0.5, 0.6) is 0 Å². The van der Waals surface area contributed by atoms with Gasteiger partial charge in [-0.2, -0.15) is 18.3 Å². The van der Waals surface area contributed by atoms with Gasteiger partial charge in [0.25, 0.3) is 0 Å². The highest BCUT2D eigenvalue weighted by Crippen LogP contribution is 2.33. The van der Waals surface area contributed by atoms with Crippen LogP contribution in [0.3, 0.4) is 0 Å². The molecule has 0 saturated heterocycles. The van der Waals surface area contributed by atoms with E-state index in [0.29, 0.717) is 6.08 Å². The summed E-state index contributed by atoms with van der Waals surface area (Å²) < 4.78 is 43.8. The van der Waals surface area contributed by atoms with Crippen LogP contribution >= 0.6 is 0 Å². The lowest BCUT2D eigenvalue weighted by molar-refractivity contribution is -0.137. The molecule has 94 valence electrons. The van der Waals surface area contributed by atoms with Crippen LogP contribution in [0.25, 0.3) is 5.57 Å². The second-order valence-corrected chi connectivity index (χ2v) is 3.21. The lowest BCUT2D eigenvalue weighted by Gasteiger charge is -2.09. The highest BCUT2D eigenvalue weighted by Gasteiger charge is 2.36. The van der Waals surface area contributed by atoms with Crippen molar-refractivity contribution in [3.8, 4) is 0 Å². The second kappa shape index (κ2) is 5.03. The van der Waals surface area contributed by atoms with E-state index in [0.717, 1.165) is 6.20 Å². The Kier molecular flexibility index (Phi) is 3.93. The van der Waals surface area contributed by atoms with Crippen LogP contribution in [0.1, 0.15) is 12.5 Å². The molecule has 1 rings (SSSR count). The van der Waals surface area contributed by atoms with Crippen LogP contribution in [0, 0.1) is 0 Å². The zero-order valence-electron chi connectivity index (χ0n) is 9.28. The van der Waals surface area contributed by atoms with E-state index in [1.807, 2.05) is 0 Å². The summed E-state index contributed by atoms with van der Waals surface area (Å²) in [5, 5.41) is 3.63. The number of esters is 1. The smallest absolute Gasteiger partial charge is 0.417 e. The molecule has 0 saturated carbocycles. The van der Waals surface area contributed by atoms with Crippen molar-refractivity contribution in [1.29, 1.82) is 0 Å². The first-order chi connectivity index (χ1) is 7.84. The molecular weight excluding hydrogens is 237 g/mol. The molecule has 1 aromatic rings. The average Bonchev–Trinajstić information content (AvgIpc) is 2.59. The molecule has 0 aliphatic heterocycles. The molecule has 4 nitrogen and oxygen atoms in total. The number of carbonyl (C=O) groups is 1. The van der Waals surface area contributed by atoms with Gasteiger partial charge in [0.05, 0.1) is 18.4 Å². The maximum atomic E-state index is 12.7. The van der Waals surface area contributed by atoms with Crippen molar-refractivity contribution in [2.45, 2.75) is 13.1 Å². The number of allylic oxidation sites excluding steroid dienone is 1. The second-order valence-electron chi connectivity index (χ2n) is 3.21. The number of rotatable bonds is 3. The van der Waals surface area contributed by atoms with Crippen molar-refractivity contribution in [2.24, 2.45) is 7.05 Å². The Bertz CT molecular complexity index is 435. The number of aryl methyl sites for hydroxylation is 1. The summed E-state index contributed by atoms with van der Waals surface area (Å²) in [7, 11) is 1.49. The van der Waals surface area contributed by atoms with Crippen LogP contribution < -0.4 is 0 Å². The summed E-state index contributed by atoms with van der Waals surface area (Å²) >= 11 is 0. The fourth-order valence-electron chi connectivity index (χ4n) is 1.19. The van der Waals surface area contributed by atoms with Crippen molar-refractivity contribution in [1.82, 2.24) is 9.78 Å². The summed E-state index contributed by atoms with van der Waals surface area (Å²) in [6.07, 6.45) is -1.98. The lowest BCUT2D eigenvalue weighted by Crippen LogP contribution is -2.13. The maximum Gasteiger partial charge on any atom is 0.417 e. The van der Waals surface area contributed by atoms with E-state index >= 15 is 0 Å². The molecule has 1 aromatic heterocycles. The quantitative estimate of drug-likeness (QED) is 0.606. The minimum Gasteiger partial charge on any atom is -0.463 e. The SMILES string of the molecule is CCOC(=O)/C=C(/c1cnn(C)c1)C(F)(F)F. The van der Waals surface area contributed by atoms with Gasteiger partial charge >= 0.3 is 12.1 Å². The van der Waals surface area contributed by atoms with Crippen molar-refractivity contribution in [3.05, 3.63) is 24.0 Å². The summed E-state index contributed by atoms with van der Waals surface area (Å²) in [4.78, 5) is 11.1. The molecule has 0 aliphatic rings. The van der Waals surface area contributed by atoms with Gasteiger partial charge in [0.1, 0.15) is 0 Å². The Morgan fingerprint density at radius 1 is 1.59 bits per heavy atom. The molecule has 0 radical (unpaired) electrons. The number of aromatic nitrogens is 2. The van der Waals surface area contributed by atoms with Gasteiger partial charge < -0.3 is 4.74 Å². The first kappa shape index (κ1) is 13.3. The number of nitrogens with zero attached hydrogens (tertiary/aromatic N) is 2. The van der Waals surface area contributed by atoms with Crippen molar-refractivity contribution in [3.63, 3.8) is 0 Å². The molecule has 0 fully saturated rings. The average molecular weight is 248 g/mol. The predicted molar refractivity (Wildman–Crippen MR) is 53.9 cm³/mol. The maximum absolute atomic E-state index is 12.7. The van der Waals surface area contributed by atoms with E-state index in [9.17, 15) is 18.0 Å². The molecule has 7 heteroatoms. The molecule has 0 spiro atoms. The lowest BCUT2D eigenvalue weighted by atomic mass is 10.1. The van der Waals surface area contributed by atoms with Gasteiger partial charge in [-0.1, -0.05) is 0 Å². The molecular formula is C10H11F3N2O2. The Balaban J connectivity index is 3.09. The normalized spacial score (nSPS) is 12.6. The zero-order chi connectivity index (χ0) is 13.1. The molecule has 0 aliphatic carbocycles. The van der Waals surface area contributed by atoms with E-state index in [2.05, 4.69) is 9.84 Å². The molecule has 0 atom stereocenters. The zero-order valence-corrected chi connectivity index (χ0v) is 9.28. The molecule has 0 N–H and O–H groups in total. The third-order valence-electron chi connectivity index (χ3n) is 1.87. The number of halogens is 3. The standard InChI is InChI=1S/C10H11F3N2O2/c1-3-17-9(16)4-8(10(11,12)13)7-5-14-15(2)6-7/h4-6H,3H2,1-2H3/b8-4-. The van der Waals surface area contributed by atoms with E-state index < -0.39 is 17.7 Å². The first-order valence-corrected chi connectivity index (χ1v) is 4.79. The van der Waals surface area contributed by atoms with Crippen LogP contribution in [0.2, 0.25) is 0 Å². The van der Waals surface area contributed by atoms with Crippen molar-refractivity contribution in [2.75, 3.05) is 6.61 Å². The summed E-state index contributed by atoms with van der Waals surface area (Å²) in [6, 6.07) is 0. The molecule has 0 amide bonds. The number of ether oxygens (including phenoxy) is 1. The highest BCUT2D eigenvalue weighted by atomic mass is 19.4. The third-order valence-corrected chi connectivity index (χ3v) is 1.87. The van der Waals surface area contributed by atoms with E-state index in [1.54, 1.807) is 0 Å². The molecule has 1 heterocycles. The van der Waals surface area contributed by atoms with Crippen LogP contribution in [-0.2, 0) is 16.6 Å². The first-order valence-electron chi connectivity index (χ1n) is 4.79. The fourth-order valence-corrected chi connectivity index (χ4v) is 1.19. The van der Waals surface area contributed by atoms with Gasteiger partial charge in [0, 0.05) is 24.9 Å². The van der Waals surface area contributed by atoms with Crippen LogP contribution in [-0.4, -0.2) is 28.5 Å². The molecule has 17 heavy (non-hydrogen) atoms. The number of carbonyl (C=O) groups excluding carboxylic acids is 1. The minimum atomic E-state index is -4.63. The van der Waals surface area contributed by atoms with Crippen molar-refractivity contribution < 1.29 is 22.7 Å². The van der Waals surface area contributed by atoms with Gasteiger partial charge in [-0.25, -0.2) is 4.79 Å². The Hall–Kier alpha value is -1.79. The number of alkyl halides is 3. The topological polar surface area (TPSA) is 44.1 Å². The van der Waals surface area contributed by atoms with Gasteiger partial charge in [0.2, 0.25) is 0 Å². The molecule has 0 aromatic carbocycles. The van der Waals surface area contributed by atoms with Gasteiger partial charge in [0.15, 0.2) is 0 Å². The third kappa shape index (κ3) is 3.61. The Labute approximate surface area is 95.7 Å². The van der Waals surface area contributed by atoms with Gasteiger partial charge in [-0.15, -0.1) is 0 Å². The van der Waals surface area contributed by atoms with E-state index in [4.69, 9.17) is 0 Å². The molecule has 0 unspecified atom stereocenters. The fraction of sp³-hybridized carbons (Fsp3) is 0.400. The number of hydrogen-bond donors (Lipinski definition) is 0. The summed E-state index contributed by atoms with van der Waals surface area (Å²) in [6.45, 7) is 1.54.